The number of carbonyl (C=O) groups excluding carboxylic acids is 2. The molecular formula is C55H97NO5. The average molecular weight is 852 g/mol. The molecule has 0 bridgehead atoms. The Morgan fingerprint density at radius 1 is 0.492 bits per heavy atom. The molecule has 1 amide bonds. The summed E-state index contributed by atoms with van der Waals surface area (Å²) >= 11 is 0. The zero-order valence-corrected chi connectivity index (χ0v) is 40.0. The van der Waals surface area contributed by atoms with E-state index in [9.17, 15) is 19.8 Å². The number of rotatable bonds is 45. The molecule has 352 valence electrons. The highest BCUT2D eigenvalue weighted by molar-refractivity contribution is 5.78. The molecule has 3 N–H and O–H groups in total. The molecule has 6 heteroatoms. The van der Waals surface area contributed by atoms with Gasteiger partial charge in [0.1, 0.15) is 6.10 Å². The van der Waals surface area contributed by atoms with Crippen LogP contribution in [0.1, 0.15) is 239 Å². The largest absolute Gasteiger partial charge is 0.458 e. The van der Waals surface area contributed by atoms with Crippen LogP contribution in [-0.2, 0) is 14.3 Å². The van der Waals surface area contributed by atoms with Crippen LogP contribution in [0.25, 0.3) is 0 Å². The summed E-state index contributed by atoms with van der Waals surface area (Å²) in [5.74, 6) is -0.628. The van der Waals surface area contributed by atoms with Crippen molar-refractivity contribution in [2.24, 2.45) is 0 Å². The van der Waals surface area contributed by atoms with Gasteiger partial charge in [0.05, 0.1) is 25.2 Å². The first-order chi connectivity index (χ1) is 30.0. The van der Waals surface area contributed by atoms with Gasteiger partial charge in [0.25, 0.3) is 0 Å². The van der Waals surface area contributed by atoms with E-state index in [1.165, 1.54) is 122 Å². The fourth-order valence-electron chi connectivity index (χ4n) is 7.43. The van der Waals surface area contributed by atoms with Crippen molar-refractivity contribution in [1.82, 2.24) is 5.32 Å². The highest BCUT2D eigenvalue weighted by atomic mass is 16.5. The molecule has 0 rings (SSSR count). The van der Waals surface area contributed by atoms with Crippen molar-refractivity contribution in [3.63, 3.8) is 0 Å². The fraction of sp³-hybridized carbons (Fsp3) is 0.745. The number of amides is 1. The Balaban J connectivity index is 4.74. The van der Waals surface area contributed by atoms with Crippen molar-refractivity contribution >= 4 is 11.9 Å². The molecule has 61 heavy (non-hydrogen) atoms. The minimum absolute atomic E-state index is 0.0475. The van der Waals surface area contributed by atoms with Crippen molar-refractivity contribution in [2.75, 3.05) is 6.61 Å². The Kier molecular flexibility index (Phi) is 46.2. The summed E-state index contributed by atoms with van der Waals surface area (Å²) in [5, 5.41) is 23.6. The standard InChI is InChI=1S/C55H97NO5/c1-4-7-10-13-16-19-21-23-25-27-28-30-32-35-37-40-43-46-51(49-54(59)56-52(50-57)53(58)47-44-41-38-34-18-15-12-9-6-3)61-55(60)48-45-42-39-36-33-31-29-26-24-22-20-17-14-11-8-5-2/h7,10,16,19,23,25,28,30,35,37,43,46,51-53,57-58H,4-6,8-9,11-15,17-18,20-22,24,26-27,29,31-34,36,38-42,44-45,47-50H2,1-3H3,(H,56,59)/b10-7-,19-16-,25-23-,30-28-,37-35-,46-43-. The predicted molar refractivity (Wildman–Crippen MR) is 264 cm³/mol. The lowest BCUT2D eigenvalue weighted by Crippen LogP contribution is -2.46. The number of esters is 1. The van der Waals surface area contributed by atoms with E-state index >= 15 is 0 Å². The second-order valence-electron chi connectivity index (χ2n) is 17.2. The van der Waals surface area contributed by atoms with Crippen LogP contribution in [-0.4, -0.2) is 46.9 Å². The predicted octanol–water partition coefficient (Wildman–Crippen LogP) is 15.4. The van der Waals surface area contributed by atoms with Crippen LogP contribution >= 0.6 is 0 Å². The summed E-state index contributed by atoms with van der Waals surface area (Å²) in [6.45, 7) is 6.32. The average Bonchev–Trinajstić information content (AvgIpc) is 3.25. The van der Waals surface area contributed by atoms with E-state index in [4.69, 9.17) is 4.74 Å². The molecule has 0 spiro atoms. The topological polar surface area (TPSA) is 95.9 Å². The normalized spacial score (nSPS) is 13.9. The highest BCUT2D eigenvalue weighted by Gasteiger charge is 2.23. The van der Waals surface area contributed by atoms with E-state index in [2.05, 4.69) is 86.8 Å². The number of allylic oxidation sites excluding steroid dienone is 11. The molecule has 3 atom stereocenters. The van der Waals surface area contributed by atoms with Crippen molar-refractivity contribution in [2.45, 2.75) is 257 Å². The number of hydrogen-bond donors (Lipinski definition) is 3. The van der Waals surface area contributed by atoms with Crippen LogP contribution in [0.15, 0.2) is 72.9 Å². The number of ether oxygens (including phenoxy) is 1. The molecule has 0 aromatic heterocycles. The lowest BCUT2D eigenvalue weighted by Gasteiger charge is -2.23. The summed E-state index contributed by atoms with van der Waals surface area (Å²) < 4.78 is 5.82. The Morgan fingerprint density at radius 3 is 1.25 bits per heavy atom. The monoisotopic (exact) mass is 852 g/mol. The van der Waals surface area contributed by atoms with E-state index in [0.717, 1.165) is 70.6 Å². The number of aliphatic hydroxyl groups is 2. The number of aliphatic hydroxyl groups excluding tert-OH is 2. The zero-order chi connectivity index (χ0) is 44.5. The summed E-state index contributed by atoms with van der Waals surface area (Å²) in [7, 11) is 0. The summed E-state index contributed by atoms with van der Waals surface area (Å²) in [4.78, 5) is 26.1. The molecule has 0 saturated heterocycles. The number of unbranched alkanes of at least 4 members (excludes halogenated alkanes) is 23. The summed E-state index contributed by atoms with van der Waals surface area (Å²) in [5.41, 5.74) is 0. The highest BCUT2D eigenvalue weighted by Crippen LogP contribution is 2.16. The van der Waals surface area contributed by atoms with E-state index in [1.807, 2.05) is 6.08 Å². The molecule has 0 radical (unpaired) electrons. The first kappa shape index (κ1) is 58.3. The van der Waals surface area contributed by atoms with Crippen LogP contribution < -0.4 is 5.32 Å². The molecule has 0 aromatic carbocycles. The second-order valence-corrected chi connectivity index (χ2v) is 17.2. The van der Waals surface area contributed by atoms with Gasteiger partial charge in [-0.2, -0.15) is 0 Å². The van der Waals surface area contributed by atoms with Gasteiger partial charge in [0.2, 0.25) is 5.91 Å². The fourth-order valence-corrected chi connectivity index (χ4v) is 7.43. The maximum Gasteiger partial charge on any atom is 0.306 e. The van der Waals surface area contributed by atoms with Gasteiger partial charge in [-0.25, -0.2) is 0 Å². The minimum Gasteiger partial charge on any atom is -0.458 e. The summed E-state index contributed by atoms with van der Waals surface area (Å²) in [6.07, 6.45) is 61.4. The number of hydrogen-bond acceptors (Lipinski definition) is 5. The lowest BCUT2D eigenvalue weighted by atomic mass is 10.0. The number of carbonyl (C=O) groups is 2. The first-order valence-corrected chi connectivity index (χ1v) is 25.7. The van der Waals surface area contributed by atoms with Gasteiger partial charge in [-0.1, -0.05) is 242 Å². The zero-order valence-electron chi connectivity index (χ0n) is 40.0. The first-order valence-electron chi connectivity index (χ1n) is 25.7. The van der Waals surface area contributed by atoms with Gasteiger partial charge in [-0.3, -0.25) is 9.59 Å². The molecule has 0 heterocycles. The molecule has 0 saturated carbocycles. The van der Waals surface area contributed by atoms with Crippen molar-refractivity contribution in [1.29, 1.82) is 0 Å². The third-order valence-electron chi connectivity index (χ3n) is 11.3. The van der Waals surface area contributed by atoms with E-state index in [1.54, 1.807) is 6.08 Å². The Hall–Kier alpha value is -2.70. The van der Waals surface area contributed by atoms with Crippen LogP contribution in [0, 0.1) is 0 Å². The molecule has 0 aromatic rings. The van der Waals surface area contributed by atoms with Gasteiger partial charge in [-0.15, -0.1) is 0 Å². The van der Waals surface area contributed by atoms with Crippen molar-refractivity contribution in [3.8, 4) is 0 Å². The van der Waals surface area contributed by atoms with Crippen LogP contribution in [0.4, 0.5) is 0 Å². The van der Waals surface area contributed by atoms with Gasteiger partial charge < -0.3 is 20.3 Å². The van der Waals surface area contributed by atoms with E-state index < -0.39 is 18.2 Å². The third-order valence-corrected chi connectivity index (χ3v) is 11.3. The van der Waals surface area contributed by atoms with Crippen molar-refractivity contribution < 1.29 is 24.5 Å². The third kappa shape index (κ3) is 43.7. The Morgan fingerprint density at radius 2 is 0.852 bits per heavy atom. The minimum atomic E-state index is -0.819. The van der Waals surface area contributed by atoms with E-state index in [0.29, 0.717) is 19.3 Å². The molecular weight excluding hydrogens is 755 g/mol. The maximum atomic E-state index is 13.1. The SMILES string of the molecule is CC/C=C\C/C=C\C/C=C\C/C=C\C/C=C\C/C=C\C(CC(=O)NC(CO)C(O)CCCCCCCCCCC)OC(=O)CCCCCCCCCCCCCCCCCC. The summed E-state index contributed by atoms with van der Waals surface area (Å²) in [6, 6.07) is -0.742. The molecule has 0 aliphatic heterocycles. The molecule has 0 aliphatic rings. The quantitative estimate of drug-likeness (QED) is 0.0322. The Labute approximate surface area is 377 Å². The van der Waals surface area contributed by atoms with Gasteiger partial charge in [-0.05, 0) is 57.4 Å². The Bertz CT molecular complexity index is 1140. The second kappa shape index (κ2) is 48.3. The van der Waals surface area contributed by atoms with Crippen molar-refractivity contribution in [3.05, 3.63) is 72.9 Å². The van der Waals surface area contributed by atoms with Gasteiger partial charge in [0, 0.05) is 6.42 Å². The lowest BCUT2D eigenvalue weighted by molar-refractivity contribution is -0.148. The van der Waals surface area contributed by atoms with Crippen LogP contribution in [0.2, 0.25) is 0 Å². The number of nitrogens with one attached hydrogen (secondary N) is 1. The van der Waals surface area contributed by atoms with Crippen LogP contribution in [0.5, 0.6) is 0 Å². The molecule has 3 unspecified atom stereocenters. The van der Waals surface area contributed by atoms with Gasteiger partial charge in [0.15, 0.2) is 0 Å². The molecule has 6 nitrogen and oxygen atoms in total. The smallest absolute Gasteiger partial charge is 0.306 e. The van der Waals surface area contributed by atoms with Crippen LogP contribution in [0.3, 0.4) is 0 Å². The molecule has 0 fully saturated rings. The van der Waals surface area contributed by atoms with E-state index in [-0.39, 0.29) is 24.9 Å². The maximum absolute atomic E-state index is 13.1. The molecule has 0 aliphatic carbocycles. The van der Waals surface area contributed by atoms with Gasteiger partial charge >= 0.3 is 5.97 Å².